The Balaban J connectivity index is 1.98. The minimum atomic E-state index is 0.455. The van der Waals surface area contributed by atoms with Crippen LogP contribution >= 0.6 is 11.6 Å². The monoisotopic (exact) mass is 254 g/mol. The molecule has 0 aliphatic carbocycles. The summed E-state index contributed by atoms with van der Waals surface area (Å²) in [6.45, 7) is 6.84. The van der Waals surface area contributed by atoms with Gasteiger partial charge in [-0.2, -0.15) is 0 Å². The first-order valence-electron chi connectivity index (χ1n) is 6.02. The molecule has 0 bridgehead atoms. The van der Waals surface area contributed by atoms with E-state index in [-0.39, 0.29) is 0 Å². The summed E-state index contributed by atoms with van der Waals surface area (Å²) in [5.41, 5.74) is 5.68. The molecule has 1 fully saturated rings. The van der Waals surface area contributed by atoms with E-state index in [0.717, 1.165) is 37.0 Å². The third kappa shape index (κ3) is 2.89. The zero-order chi connectivity index (χ0) is 12.3. The maximum Gasteiger partial charge on any atom is 0.147 e. The lowest BCUT2D eigenvalue weighted by Crippen LogP contribution is -2.51. The standard InChI is InChI=1S/C12H19ClN4/c1-10(9-14)16-5-7-17(8-6-16)12-11(13)3-2-4-15-12/h2-4,10H,5-9,14H2,1H3. The molecule has 2 N–H and O–H groups in total. The summed E-state index contributed by atoms with van der Waals surface area (Å²) in [4.78, 5) is 8.99. The molecule has 2 rings (SSSR count). The number of halogens is 1. The molecule has 0 amide bonds. The average Bonchev–Trinajstić information content (AvgIpc) is 2.39. The van der Waals surface area contributed by atoms with Gasteiger partial charge in [-0.05, 0) is 19.1 Å². The van der Waals surface area contributed by atoms with Gasteiger partial charge < -0.3 is 10.6 Å². The SMILES string of the molecule is CC(CN)N1CCN(c2ncccc2Cl)CC1. The molecule has 94 valence electrons. The molecule has 2 heterocycles. The van der Waals surface area contributed by atoms with Crippen molar-refractivity contribution in [2.24, 2.45) is 5.73 Å². The number of hydrogen-bond donors (Lipinski definition) is 1. The smallest absolute Gasteiger partial charge is 0.147 e. The Morgan fingerprint density at radius 1 is 1.41 bits per heavy atom. The number of hydrogen-bond acceptors (Lipinski definition) is 4. The molecule has 5 heteroatoms. The molecule has 1 unspecified atom stereocenters. The number of aromatic nitrogens is 1. The van der Waals surface area contributed by atoms with E-state index in [1.807, 2.05) is 12.1 Å². The van der Waals surface area contributed by atoms with Crippen LogP contribution in [0.2, 0.25) is 5.02 Å². The Kier molecular flexibility index (Phi) is 4.20. The fraction of sp³-hybridized carbons (Fsp3) is 0.583. The molecule has 0 spiro atoms. The Hall–Kier alpha value is -0.840. The number of rotatable bonds is 3. The van der Waals surface area contributed by atoms with Gasteiger partial charge in [-0.15, -0.1) is 0 Å². The maximum absolute atomic E-state index is 6.15. The van der Waals surface area contributed by atoms with Crippen molar-refractivity contribution < 1.29 is 0 Å². The average molecular weight is 255 g/mol. The quantitative estimate of drug-likeness (QED) is 0.881. The normalized spacial score (nSPS) is 19.4. The topological polar surface area (TPSA) is 45.4 Å². The minimum Gasteiger partial charge on any atom is -0.353 e. The number of nitrogens with zero attached hydrogens (tertiary/aromatic N) is 3. The van der Waals surface area contributed by atoms with Crippen molar-refractivity contribution >= 4 is 17.4 Å². The lowest BCUT2D eigenvalue weighted by atomic mass is 10.2. The highest BCUT2D eigenvalue weighted by Crippen LogP contribution is 2.23. The van der Waals surface area contributed by atoms with Crippen LogP contribution in [-0.2, 0) is 0 Å². The number of pyridine rings is 1. The summed E-state index contributed by atoms with van der Waals surface area (Å²) >= 11 is 6.15. The molecular formula is C12H19ClN4. The maximum atomic E-state index is 6.15. The second-order valence-corrected chi connectivity index (χ2v) is 4.82. The first-order valence-corrected chi connectivity index (χ1v) is 6.39. The summed E-state index contributed by atoms with van der Waals surface area (Å²) < 4.78 is 0. The summed E-state index contributed by atoms with van der Waals surface area (Å²) in [5.74, 6) is 0.897. The van der Waals surface area contributed by atoms with Gasteiger partial charge in [-0.1, -0.05) is 11.6 Å². The summed E-state index contributed by atoms with van der Waals surface area (Å²) in [5, 5.41) is 0.729. The van der Waals surface area contributed by atoms with E-state index in [1.54, 1.807) is 6.20 Å². The predicted octanol–water partition coefficient (Wildman–Crippen LogP) is 1.20. The summed E-state index contributed by atoms with van der Waals surface area (Å²) in [7, 11) is 0. The highest BCUT2D eigenvalue weighted by Gasteiger charge is 2.21. The van der Waals surface area contributed by atoms with Crippen molar-refractivity contribution in [2.45, 2.75) is 13.0 Å². The molecule has 0 saturated carbocycles. The van der Waals surface area contributed by atoms with E-state index >= 15 is 0 Å². The molecule has 1 aliphatic heterocycles. The summed E-state index contributed by atoms with van der Waals surface area (Å²) in [6, 6.07) is 4.20. The van der Waals surface area contributed by atoms with Crippen LogP contribution in [0, 0.1) is 0 Å². The van der Waals surface area contributed by atoms with Crippen molar-refractivity contribution in [1.82, 2.24) is 9.88 Å². The van der Waals surface area contributed by atoms with Crippen LogP contribution in [-0.4, -0.2) is 48.6 Å². The van der Waals surface area contributed by atoms with Gasteiger partial charge in [0.2, 0.25) is 0 Å². The lowest BCUT2D eigenvalue weighted by Gasteiger charge is -2.38. The van der Waals surface area contributed by atoms with Crippen LogP contribution < -0.4 is 10.6 Å². The van der Waals surface area contributed by atoms with Crippen LogP contribution in [0.25, 0.3) is 0 Å². The van der Waals surface area contributed by atoms with Crippen LogP contribution in [0.1, 0.15) is 6.92 Å². The molecule has 4 nitrogen and oxygen atoms in total. The molecule has 1 aromatic heterocycles. The molecular weight excluding hydrogens is 236 g/mol. The fourth-order valence-corrected chi connectivity index (χ4v) is 2.37. The van der Waals surface area contributed by atoms with Gasteiger partial charge in [-0.3, -0.25) is 4.90 Å². The number of piperazine rings is 1. The van der Waals surface area contributed by atoms with Gasteiger partial charge in [0.05, 0.1) is 5.02 Å². The molecule has 1 aromatic rings. The predicted molar refractivity (Wildman–Crippen MR) is 71.5 cm³/mol. The second kappa shape index (κ2) is 5.67. The molecule has 17 heavy (non-hydrogen) atoms. The molecule has 1 aliphatic rings. The zero-order valence-corrected chi connectivity index (χ0v) is 10.9. The Bertz CT molecular complexity index is 363. The third-order valence-electron chi connectivity index (χ3n) is 3.32. The van der Waals surface area contributed by atoms with Crippen LogP contribution in [0.15, 0.2) is 18.3 Å². The van der Waals surface area contributed by atoms with Gasteiger partial charge in [0, 0.05) is 45.0 Å². The van der Waals surface area contributed by atoms with E-state index in [9.17, 15) is 0 Å². The van der Waals surface area contributed by atoms with Crippen molar-refractivity contribution in [3.8, 4) is 0 Å². The van der Waals surface area contributed by atoms with Crippen molar-refractivity contribution in [3.05, 3.63) is 23.4 Å². The van der Waals surface area contributed by atoms with E-state index in [2.05, 4.69) is 21.7 Å². The van der Waals surface area contributed by atoms with Gasteiger partial charge in [-0.25, -0.2) is 4.98 Å². The van der Waals surface area contributed by atoms with E-state index in [4.69, 9.17) is 17.3 Å². The van der Waals surface area contributed by atoms with E-state index in [1.165, 1.54) is 0 Å². The van der Waals surface area contributed by atoms with Gasteiger partial charge in [0.15, 0.2) is 0 Å². The van der Waals surface area contributed by atoms with Crippen molar-refractivity contribution in [1.29, 1.82) is 0 Å². The largest absolute Gasteiger partial charge is 0.353 e. The fourth-order valence-electron chi connectivity index (χ4n) is 2.13. The van der Waals surface area contributed by atoms with Crippen molar-refractivity contribution in [3.63, 3.8) is 0 Å². The Morgan fingerprint density at radius 3 is 2.71 bits per heavy atom. The van der Waals surface area contributed by atoms with E-state index in [0.29, 0.717) is 12.6 Å². The highest BCUT2D eigenvalue weighted by molar-refractivity contribution is 6.32. The van der Waals surface area contributed by atoms with Crippen LogP contribution in [0.4, 0.5) is 5.82 Å². The van der Waals surface area contributed by atoms with Crippen molar-refractivity contribution in [2.75, 3.05) is 37.6 Å². The van der Waals surface area contributed by atoms with Gasteiger partial charge >= 0.3 is 0 Å². The summed E-state index contributed by atoms with van der Waals surface area (Å²) in [6.07, 6.45) is 1.79. The first-order chi connectivity index (χ1) is 8.22. The molecule has 0 radical (unpaired) electrons. The number of nitrogens with two attached hydrogens (primary N) is 1. The third-order valence-corrected chi connectivity index (χ3v) is 3.61. The Morgan fingerprint density at radius 2 is 2.12 bits per heavy atom. The van der Waals surface area contributed by atoms with Crippen LogP contribution in [0.5, 0.6) is 0 Å². The lowest BCUT2D eigenvalue weighted by molar-refractivity contribution is 0.201. The Labute approximate surface area is 107 Å². The number of anilines is 1. The van der Waals surface area contributed by atoms with Crippen LogP contribution in [0.3, 0.4) is 0 Å². The zero-order valence-electron chi connectivity index (χ0n) is 10.1. The molecule has 0 aromatic carbocycles. The van der Waals surface area contributed by atoms with E-state index < -0.39 is 0 Å². The highest BCUT2D eigenvalue weighted by atomic mass is 35.5. The van der Waals surface area contributed by atoms with Gasteiger partial charge in [0.25, 0.3) is 0 Å². The first kappa shape index (κ1) is 12.6. The van der Waals surface area contributed by atoms with Gasteiger partial charge in [0.1, 0.15) is 5.82 Å². The second-order valence-electron chi connectivity index (χ2n) is 4.42. The molecule has 1 atom stereocenters. The molecule has 1 saturated heterocycles. The minimum absolute atomic E-state index is 0.455.